The third-order valence-corrected chi connectivity index (χ3v) is 7.54. The molecule has 0 bridgehead atoms. The Labute approximate surface area is 161 Å². The van der Waals surface area contributed by atoms with Gasteiger partial charge in [0.05, 0.1) is 0 Å². The van der Waals surface area contributed by atoms with Crippen LogP contribution in [0.15, 0.2) is 41.5 Å². The molecule has 3 aliphatic rings. The number of esters is 4. The minimum atomic E-state index is -0.749. The van der Waals surface area contributed by atoms with Gasteiger partial charge in [0.25, 0.3) is 0 Å². The van der Waals surface area contributed by atoms with Crippen molar-refractivity contribution in [1.29, 1.82) is 0 Å². The molecule has 3 heterocycles. The van der Waals surface area contributed by atoms with Gasteiger partial charge in [-0.3, -0.25) is 0 Å². The zero-order chi connectivity index (χ0) is 18.8. The molecule has 5 rings (SSSR count). The van der Waals surface area contributed by atoms with Crippen molar-refractivity contribution in [1.82, 2.24) is 5.43 Å². The second-order valence-corrected chi connectivity index (χ2v) is 8.78. The first kappa shape index (κ1) is 16.1. The second-order valence-electron chi connectivity index (χ2n) is 5.98. The predicted molar refractivity (Wildman–Crippen MR) is 84.8 cm³/mol. The van der Waals surface area contributed by atoms with Crippen molar-refractivity contribution in [2.24, 2.45) is 5.10 Å². The summed E-state index contributed by atoms with van der Waals surface area (Å²) < 4.78 is 10.3. The number of hydrogen-bond acceptors (Lipinski definition) is 8. The van der Waals surface area contributed by atoms with E-state index in [2.05, 4.69) is 20.0 Å². The monoisotopic (exact) mass is 475 g/mol. The van der Waals surface area contributed by atoms with Crippen molar-refractivity contribution in [3.05, 3.63) is 69.8 Å². The van der Waals surface area contributed by atoms with Crippen molar-refractivity contribution >= 4 is 28.1 Å². The zero-order valence-corrected chi connectivity index (χ0v) is 15.5. The van der Waals surface area contributed by atoms with Gasteiger partial charge >= 0.3 is 162 Å². The number of cyclic esters (lactones) is 4. The summed E-state index contributed by atoms with van der Waals surface area (Å²) in [5.74, 6) is -2.71. The number of fused-ring (bicyclic) bond motifs is 2. The first-order chi connectivity index (χ1) is 13.0. The number of nitrogens with one attached hydrogen (secondary N) is 1. The maximum absolute atomic E-state index is 11.9. The number of carbonyl (C=O) groups excluding carboxylic acids is 4. The molecule has 2 aromatic rings. The van der Waals surface area contributed by atoms with E-state index >= 15 is 0 Å². The molecule has 0 saturated heterocycles. The van der Waals surface area contributed by atoms with Gasteiger partial charge < -0.3 is 0 Å². The van der Waals surface area contributed by atoms with Gasteiger partial charge in [0, 0.05) is 0 Å². The summed E-state index contributed by atoms with van der Waals surface area (Å²) in [5.41, 5.74) is 5.36. The number of rotatable bonds is 2. The Bertz CT molecular complexity index is 1040. The van der Waals surface area contributed by atoms with E-state index in [1.807, 2.05) is 0 Å². The molecule has 8 nitrogen and oxygen atoms in total. The molecule has 3 aliphatic heterocycles. The van der Waals surface area contributed by atoms with Crippen LogP contribution >= 0.6 is 0 Å². The van der Waals surface area contributed by atoms with Crippen LogP contribution in [0, 0.1) is 0 Å². The van der Waals surface area contributed by atoms with Gasteiger partial charge in [-0.25, -0.2) is 0 Å². The average molecular weight is 475 g/mol. The van der Waals surface area contributed by atoms with Crippen LogP contribution < -0.4 is 26.6 Å². The first-order valence-corrected chi connectivity index (χ1v) is 10.1. The fraction of sp³-hybridized carbons (Fsp3) is 0.0556. The number of nitrogens with zero attached hydrogens (tertiary/aromatic N) is 1. The summed E-state index contributed by atoms with van der Waals surface area (Å²) in [4.78, 5) is 47.3. The molecular formula is C18H8IN2O6-. The fourth-order valence-corrected chi connectivity index (χ4v) is 5.62. The molecule has 27 heavy (non-hydrogen) atoms. The van der Waals surface area contributed by atoms with Crippen LogP contribution in [0.3, 0.4) is 0 Å². The third kappa shape index (κ3) is 2.17. The summed E-state index contributed by atoms with van der Waals surface area (Å²) in [7, 11) is 0. The number of hydrazone groups is 1. The van der Waals surface area contributed by atoms with Gasteiger partial charge in [0.2, 0.25) is 0 Å². The minimum absolute atomic E-state index is 0.199. The molecule has 0 radical (unpaired) electrons. The summed E-state index contributed by atoms with van der Waals surface area (Å²) in [6.45, 7) is 0. The summed E-state index contributed by atoms with van der Waals surface area (Å²) in [5, 5.41) is 4.15. The van der Waals surface area contributed by atoms with Crippen molar-refractivity contribution in [3.63, 3.8) is 0 Å². The van der Waals surface area contributed by atoms with Gasteiger partial charge in [-0.05, 0) is 0 Å². The number of hydrogen-bond donors (Lipinski definition) is 1. The Hall–Kier alpha value is -3.08. The van der Waals surface area contributed by atoms with E-state index in [0.29, 0.717) is 0 Å². The van der Waals surface area contributed by atoms with E-state index in [-0.39, 0.29) is 22.3 Å². The number of carbonyl (C=O) groups is 4. The zero-order valence-electron chi connectivity index (χ0n) is 13.3. The Morgan fingerprint density at radius 1 is 0.741 bits per heavy atom. The molecule has 0 aromatic heterocycles. The molecule has 0 fully saturated rings. The molecule has 134 valence electrons. The fourth-order valence-electron chi connectivity index (χ4n) is 3.26. The summed E-state index contributed by atoms with van der Waals surface area (Å²) in [6.07, 6.45) is 0. The van der Waals surface area contributed by atoms with Crippen molar-refractivity contribution in [2.75, 3.05) is 0 Å². The second kappa shape index (κ2) is 5.46. The van der Waals surface area contributed by atoms with Gasteiger partial charge in [0.15, 0.2) is 0 Å². The number of benzene rings is 2. The number of ether oxygens (including phenoxy) is 2. The standard InChI is InChI=1S/C18H8IN2O6/c22-14-10-3-1-8(5-12(10)16(24)26-14)18(19-7-20-21-18)9-2-4-11-13(6-9)17(25)27-15(11)23/h1-7,21H/q-1. The van der Waals surface area contributed by atoms with Crippen LogP contribution in [0.4, 0.5) is 0 Å². The van der Waals surface area contributed by atoms with Gasteiger partial charge in [-0.2, -0.15) is 0 Å². The maximum atomic E-state index is 11.9. The Morgan fingerprint density at radius 2 is 1.22 bits per heavy atom. The molecule has 0 unspecified atom stereocenters. The Kier molecular flexibility index (Phi) is 3.26. The summed E-state index contributed by atoms with van der Waals surface area (Å²) in [6, 6.07) is 9.79. The van der Waals surface area contributed by atoms with Crippen LogP contribution in [0.1, 0.15) is 52.6 Å². The van der Waals surface area contributed by atoms with E-state index in [1.165, 1.54) is 0 Å². The van der Waals surface area contributed by atoms with Crippen LogP contribution in [0.2, 0.25) is 0 Å². The molecule has 9 heteroatoms. The third-order valence-electron chi connectivity index (χ3n) is 4.57. The van der Waals surface area contributed by atoms with Crippen LogP contribution in [0.25, 0.3) is 0 Å². The number of halogens is 1. The molecule has 0 saturated carbocycles. The van der Waals surface area contributed by atoms with Crippen molar-refractivity contribution < 1.29 is 49.9 Å². The van der Waals surface area contributed by atoms with E-state index in [0.717, 1.165) is 11.1 Å². The number of alkyl halides is 1. The molecule has 1 N–H and O–H groups in total. The topological polar surface area (TPSA) is 111 Å². The SMILES string of the molecule is O=C1OC(=O)c2cc(C3(c4ccc5c(c4)C(=O)OC5=O)NN=C[I-]3)ccc21. The molecule has 2 aromatic carbocycles. The van der Waals surface area contributed by atoms with Gasteiger partial charge in [-0.1, -0.05) is 0 Å². The summed E-state index contributed by atoms with van der Waals surface area (Å²) >= 11 is -0.711. The quantitative estimate of drug-likeness (QED) is 0.179. The molecule has 0 amide bonds. The molecule has 0 aliphatic carbocycles. The van der Waals surface area contributed by atoms with Crippen molar-refractivity contribution in [3.8, 4) is 0 Å². The molecule has 0 atom stereocenters. The predicted octanol–water partition coefficient (Wildman–Crippen LogP) is -1.86. The van der Waals surface area contributed by atoms with E-state index in [9.17, 15) is 19.2 Å². The van der Waals surface area contributed by atoms with E-state index in [1.54, 1.807) is 40.6 Å². The van der Waals surface area contributed by atoms with Crippen molar-refractivity contribution in [2.45, 2.75) is 3.55 Å². The van der Waals surface area contributed by atoms with Crippen LogP contribution in [-0.4, -0.2) is 28.1 Å². The van der Waals surface area contributed by atoms with E-state index < -0.39 is 48.6 Å². The Morgan fingerprint density at radius 3 is 1.67 bits per heavy atom. The van der Waals surface area contributed by atoms with Gasteiger partial charge in [-0.15, -0.1) is 0 Å². The van der Waals surface area contributed by atoms with Crippen LogP contribution in [0.5, 0.6) is 0 Å². The first-order valence-electron chi connectivity index (χ1n) is 7.75. The van der Waals surface area contributed by atoms with Gasteiger partial charge in [0.1, 0.15) is 0 Å². The average Bonchev–Trinajstić information content (AvgIpc) is 3.34. The molecular weight excluding hydrogens is 467 g/mol. The Balaban J connectivity index is 1.67. The van der Waals surface area contributed by atoms with Crippen LogP contribution in [-0.2, 0) is 13.0 Å². The molecule has 0 spiro atoms. The van der Waals surface area contributed by atoms with E-state index in [4.69, 9.17) is 0 Å². The normalized spacial score (nSPS) is 19.1.